The van der Waals surface area contributed by atoms with Gasteiger partial charge in [-0.25, -0.2) is 0 Å². The Hall–Kier alpha value is -1.26. The molecular weight excluding hydrogens is 208 g/mol. The summed E-state index contributed by atoms with van der Waals surface area (Å²) in [5.41, 5.74) is 0.829. The first-order valence-corrected chi connectivity index (χ1v) is 6.32. The molecule has 1 aromatic carbocycles. The minimum absolute atomic E-state index is 0.355. The Morgan fingerprint density at radius 2 is 1.71 bits per heavy atom. The Morgan fingerprint density at radius 1 is 1.12 bits per heavy atom. The van der Waals surface area contributed by atoms with Crippen LogP contribution in [0.15, 0.2) is 30.3 Å². The fourth-order valence-electron chi connectivity index (χ4n) is 1.18. The quantitative estimate of drug-likeness (QED) is 0.701. The summed E-state index contributed by atoms with van der Waals surface area (Å²) in [7, 11) is 0. The van der Waals surface area contributed by atoms with Crippen molar-refractivity contribution < 1.29 is 4.74 Å². The molecule has 0 aliphatic rings. The zero-order valence-corrected chi connectivity index (χ0v) is 11.7. The molecule has 0 aliphatic carbocycles. The maximum absolute atomic E-state index is 5.74. The summed E-state index contributed by atoms with van der Waals surface area (Å²) in [4.78, 5) is 0. The molecule has 1 rings (SSSR count). The highest BCUT2D eigenvalue weighted by atomic mass is 16.5. The fourth-order valence-corrected chi connectivity index (χ4v) is 1.18. The topological polar surface area (TPSA) is 9.23 Å². The van der Waals surface area contributed by atoms with Crippen molar-refractivity contribution in [3.8, 4) is 11.8 Å². The van der Waals surface area contributed by atoms with Crippen LogP contribution in [-0.2, 0) is 11.3 Å². The molecule has 0 amide bonds. The maximum Gasteiger partial charge on any atom is 0.123 e. The molecule has 0 heterocycles. The molecule has 0 aliphatic heterocycles. The van der Waals surface area contributed by atoms with Crippen molar-refractivity contribution in [2.45, 2.75) is 53.2 Å². The Balaban J connectivity index is 0.00000121. The normalized spacial score (nSPS) is 9.71. The number of hydrogen-bond acceptors (Lipinski definition) is 1. The SMILES string of the molecule is CC.CCC#CC(C)(C)OCc1ccccc1. The predicted octanol–water partition coefficient (Wildman–Crippen LogP) is 4.42. The molecule has 0 saturated heterocycles. The third-order valence-corrected chi connectivity index (χ3v) is 2.01. The average Bonchev–Trinajstić information content (AvgIpc) is 2.38. The van der Waals surface area contributed by atoms with Gasteiger partial charge in [0.05, 0.1) is 6.61 Å². The molecule has 1 nitrogen and oxygen atoms in total. The lowest BCUT2D eigenvalue weighted by atomic mass is 10.1. The number of rotatable bonds is 3. The zero-order valence-electron chi connectivity index (χ0n) is 11.7. The Bertz CT molecular complexity index is 341. The van der Waals surface area contributed by atoms with Gasteiger partial charge >= 0.3 is 0 Å². The van der Waals surface area contributed by atoms with Crippen molar-refractivity contribution in [1.82, 2.24) is 0 Å². The molecule has 0 fully saturated rings. The smallest absolute Gasteiger partial charge is 0.123 e. The maximum atomic E-state index is 5.74. The molecule has 0 spiro atoms. The van der Waals surface area contributed by atoms with Crippen molar-refractivity contribution in [2.24, 2.45) is 0 Å². The molecule has 0 saturated carbocycles. The highest BCUT2D eigenvalue weighted by molar-refractivity contribution is 5.15. The first-order chi connectivity index (χ1) is 8.14. The van der Waals surface area contributed by atoms with Crippen LogP contribution >= 0.6 is 0 Å². The number of ether oxygens (including phenoxy) is 1. The van der Waals surface area contributed by atoms with Gasteiger partial charge in [-0.3, -0.25) is 0 Å². The van der Waals surface area contributed by atoms with Gasteiger partial charge in [0.2, 0.25) is 0 Å². The second-order valence-corrected chi connectivity index (χ2v) is 3.94. The molecule has 0 unspecified atom stereocenters. The molecule has 1 aromatic rings. The van der Waals surface area contributed by atoms with Crippen molar-refractivity contribution in [3.63, 3.8) is 0 Å². The van der Waals surface area contributed by atoms with Crippen molar-refractivity contribution in [2.75, 3.05) is 0 Å². The van der Waals surface area contributed by atoms with Gasteiger partial charge in [0.15, 0.2) is 0 Å². The van der Waals surface area contributed by atoms with E-state index in [1.807, 2.05) is 52.8 Å². The third-order valence-electron chi connectivity index (χ3n) is 2.01. The molecule has 0 radical (unpaired) electrons. The number of hydrogen-bond donors (Lipinski definition) is 0. The van der Waals surface area contributed by atoms with Gasteiger partial charge in [-0.05, 0) is 19.4 Å². The minimum Gasteiger partial charge on any atom is -0.358 e. The van der Waals surface area contributed by atoms with Crippen LogP contribution in [0, 0.1) is 11.8 Å². The lowest BCUT2D eigenvalue weighted by Crippen LogP contribution is -2.21. The predicted molar refractivity (Wildman–Crippen MR) is 74.7 cm³/mol. The summed E-state index contributed by atoms with van der Waals surface area (Å²) in [6, 6.07) is 10.2. The summed E-state index contributed by atoms with van der Waals surface area (Å²) < 4.78 is 5.74. The minimum atomic E-state index is -0.355. The third kappa shape index (κ3) is 7.60. The lowest BCUT2D eigenvalue weighted by Gasteiger charge is -2.18. The molecule has 0 aromatic heterocycles. The average molecular weight is 232 g/mol. The van der Waals surface area contributed by atoms with Crippen LogP contribution in [0.3, 0.4) is 0 Å². The van der Waals surface area contributed by atoms with Crippen molar-refractivity contribution in [1.29, 1.82) is 0 Å². The van der Waals surface area contributed by atoms with E-state index in [0.29, 0.717) is 6.61 Å². The first-order valence-electron chi connectivity index (χ1n) is 6.32. The van der Waals surface area contributed by atoms with E-state index in [4.69, 9.17) is 4.74 Å². The summed E-state index contributed by atoms with van der Waals surface area (Å²) in [5.74, 6) is 6.16. The standard InChI is InChI=1S/C14H18O.C2H6/c1-4-5-11-14(2,3)15-12-13-9-7-6-8-10-13;1-2/h6-10H,4,12H2,1-3H3;1-2H3. The molecule has 1 heteroatoms. The van der Waals surface area contributed by atoms with Gasteiger partial charge in [-0.1, -0.05) is 57.0 Å². The van der Waals surface area contributed by atoms with E-state index in [0.717, 1.165) is 6.42 Å². The van der Waals surface area contributed by atoms with Crippen LogP contribution in [0.4, 0.5) is 0 Å². The second-order valence-electron chi connectivity index (χ2n) is 3.94. The van der Waals surface area contributed by atoms with Crippen LogP contribution < -0.4 is 0 Å². The van der Waals surface area contributed by atoms with Crippen LogP contribution in [-0.4, -0.2) is 5.60 Å². The van der Waals surface area contributed by atoms with E-state index in [1.54, 1.807) is 0 Å². The number of benzene rings is 1. The molecule has 0 atom stereocenters. The molecule has 17 heavy (non-hydrogen) atoms. The molecule has 0 N–H and O–H groups in total. The zero-order chi connectivity index (χ0) is 13.1. The van der Waals surface area contributed by atoms with Gasteiger partial charge in [0.1, 0.15) is 5.60 Å². The van der Waals surface area contributed by atoms with Gasteiger partial charge in [-0.2, -0.15) is 0 Å². The largest absolute Gasteiger partial charge is 0.358 e. The Kier molecular flexibility index (Phi) is 8.19. The fraction of sp³-hybridized carbons (Fsp3) is 0.500. The van der Waals surface area contributed by atoms with Gasteiger partial charge in [0.25, 0.3) is 0 Å². The van der Waals surface area contributed by atoms with Gasteiger partial charge in [0, 0.05) is 6.42 Å². The van der Waals surface area contributed by atoms with E-state index < -0.39 is 0 Å². The van der Waals surface area contributed by atoms with Crippen LogP contribution in [0.25, 0.3) is 0 Å². The lowest BCUT2D eigenvalue weighted by molar-refractivity contribution is 0.0144. The Morgan fingerprint density at radius 3 is 2.24 bits per heavy atom. The monoisotopic (exact) mass is 232 g/mol. The highest BCUT2D eigenvalue weighted by Gasteiger charge is 2.13. The van der Waals surface area contributed by atoms with Crippen LogP contribution in [0.1, 0.15) is 46.6 Å². The first kappa shape index (κ1) is 15.7. The van der Waals surface area contributed by atoms with Crippen molar-refractivity contribution in [3.05, 3.63) is 35.9 Å². The van der Waals surface area contributed by atoms with Crippen LogP contribution in [0.5, 0.6) is 0 Å². The molecule has 94 valence electrons. The summed E-state index contributed by atoms with van der Waals surface area (Å²) in [6.07, 6.45) is 0.873. The van der Waals surface area contributed by atoms with E-state index >= 15 is 0 Å². The van der Waals surface area contributed by atoms with E-state index in [9.17, 15) is 0 Å². The van der Waals surface area contributed by atoms with E-state index in [-0.39, 0.29) is 5.60 Å². The summed E-state index contributed by atoms with van der Waals surface area (Å²) in [6.45, 7) is 10.7. The summed E-state index contributed by atoms with van der Waals surface area (Å²) in [5, 5.41) is 0. The van der Waals surface area contributed by atoms with E-state index in [2.05, 4.69) is 24.0 Å². The van der Waals surface area contributed by atoms with Crippen molar-refractivity contribution >= 4 is 0 Å². The second kappa shape index (κ2) is 8.84. The van der Waals surface area contributed by atoms with E-state index in [1.165, 1.54) is 5.56 Å². The highest BCUT2D eigenvalue weighted by Crippen LogP contribution is 2.11. The van der Waals surface area contributed by atoms with Gasteiger partial charge < -0.3 is 4.74 Å². The van der Waals surface area contributed by atoms with Gasteiger partial charge in [-0.15, -0.1) is 5.92 Å². The van der Waals surface area contributed by atoms with Crippen LogP contribution in [0.2, 0.25) is 0 Å². The molecular formula is C16H24O. The molecule has 0 bridgehead atoms. The summed E-state index contributed by atoms with van der Waals surface area (Å²) >= 11 is 0. The Labute approximate surface area is 106 Å².